The van der Waals surface area contributed by atoms with E-state index in [1.807, 2.05) is 0 Å². The van der Waals surface area contributed by atoms with Gasteiger partial charge in [0.25, 0.3) is 0 Å². The van der Waals surface area contributed by atoms with Gasteiger partial charge in [0.15, 0.2) is 11.5 Å². The molecule has 0 amide bonds. The summed E-state index contributed by atoms with van der Waals surface area (Å²) in [5.41, 5.74) is 0.623. The van der Waals surface area contributed by atoms with Crippen LogP contribution in [0, 0.1) is 0 Å². The van der Waals surface area contributed by atoms with Crippen molar-refractivity contribution in [3.63, 3.8) is 0 Å². The van der Waals surface area contributed by atoms with Crippen molar-refractivity contribution in [2.75, 3.05) is 18.5 Å². The lowest BCUT2D eigenvalue weighted by Crippen LogP contribution is -2.15. The Balaban J connectivity index is 1.63. The van der Waals surface area contributed by atoms with Crippen LogP contribution in [0.1, 0.15) is 30.1 Å². The number of nitrogens with one attached hydrogen (secondary N) is 1. The first kappa shape index (κ1) is 14.1. The summed E-state index contributed by atoms with van der Waals surface area (Å²) in [6.45, 7) is 1.93. The molecule has 1 aliphatic rings. The Bertz CT molecular complexity index is 611. The Hall–Kier alpha value is -1.86. The first-order valence-electron chi connectivity index (χ1n) is 6.89. The van der Waals surface area contributed by atoms with E-state index < -0.39 is 0 Å². The zero-order chi connectivity index (χ0) is 14.7. The molecule has 0 atom stereocenters. The molecule has 7 heteroatoms. The van der Waals surface area contributed by atoms with Gasteiger partial charge in [-0.15, -0.1) is 0 Å². The number of aromatic hydroxyl groups is 2. The minimum atomic E-state index is -0.116. The summed E-state index contributed by atoms with van der Waals surface area (Å²) in [5.74, 6) is 1.03. The van der Waals surface area contributed by atoms with Crippen LogP contribution < -0.4 is 5.32 Å². The highest BCUT2D eigenvalue weighted by atomic mass is 32.1. The number of aromatic nitrogens is 2. The van der Waals surface area contributed by atoms with Gasteiger partial charge in [-0.3, -0.25) is 0 Å². The highest BCUT2D eigenvalue weighted by molar-refractivity contribution is 7.09. The molecule has 1 aromatic heterocycles. The molecule has 3 N–H and O–H groups in total. The zero-order valence-corrected chi connectivity index (χ0v) is 12.3. The number of hydrogen-bond donors (Lipinski definition) is 3. The number of rotatable bonds is 4. The Morgan fingerprint density at radius 3 is 2.90 bits per heavy atom. The number of ether oxygens (including phenoxy) is 1. The van der Waals surface area contributed by atoms with Crippen molar-refractivity contribution in [1.29, 1.82) is 0 Å². The van der Waals surface area contributed by atoms with Crippen LogP contribution >= 0.6 is 11.5 Å². The molecule has 21 heavy (non-hydrogen) atoms. The summed E-state index contributed by atoms with van der Waals surface area (Å²) >= 11 is 1.32. The van der Waals surface area contributed by atoms with Gasteiger partial charge in [0, 0.05) is 42.8 Å². The molecular formula is C14H17N3O3S. The second kappa shape index (κ2) is 6.28. The SMILES string of the molecule is Oc1cccc(CNc2nc(C3CCOCC3)ns2)c1O. The van der Waals surface area contributed by atoms with Crippen LogP contribution in [-0.2, 0) is 11.3 Å². The van der Waals surface area contributed by atoms with E-state index in [1.54, 1.807) is 12.1 Å². The maximum Gasteiger partial charge on any atom is 0.202 e. The molecule has 0 unspecified atom stereocenters. The third kappa shape index (κ3) is 3.25. The molecule has 1 saturated heterocycles. The van der Waals surface area contributed by atoms with Crippen LogP contribution in [0.15, 0.2) is 18.2 Å². The van der Waals surface area contributed by atoms with Gasteiger partial charge in [-0.1, -0.05) is 12.1 Å². The molecule has 1 fully saturated rings. The molecule has 112 valence electrons. The molecule has 0 spiro atoms. The van der Waals surface area contributed by atoms with E-state index >= 15 is 0 Å². The molecule has 0 bridgehead atoms. The van der Waals surface area contributed by atoms with E-state index in [9.17, 15) is 10.2 Å². The number of benzene rings is 1. The molecule has 0 radical (unpaired) electrons. The molecule has 1 aliphatic heterocycles. The van der Waals surface area contributed by atoms with Gasteiger partial charge in [-0.05, 0) is 18.9 Å². The molecule has 3 rings (SSSR count). The Morgan fingerprint density at radius 2 is 2.10 bits per heavy atom. The zero-order valence-electron chi connectivity index (χ0n) is 11.5. The van der Waals surface area contributed by atoms with Crippen LogP contribution in [0.3, 0.4) is 0 Å². The smallest absolute Gasteiger partial charge is 0.202 e. The Labute approximate surface area is 126 Å². The summed E-state index contributed by atoms with van der Waals surface area (Å²) < 4.78 is 9.73. The van der Waals surface area contributed by atoms with Gasteiger partial charge in [0.2, 0.25) is 5.13 Å². The lowest BCUT2D eigenvalue weighted by molar-refractivity contribution is 0.0838. The molecule has 0 saturated carbocycles. The van der Waals surface area contributed by atoms with Crippen molar-refractivity contribution < 1.29 is 14.9 Å². The van der Waals surface area contributed by atoms with E-state index in [0.29, 0.717) is 18.0 Å². The molecule has 0 aliphatic carbocycles. The Morgan fingerprint density at radius 1 is 1.29 bits per heavy atom. The highest BCUT2D eigenvalue weighted by Gasteiger charge is 2.20. The fourth-order valence-electron chi connectivity index (χ4n) is 2.32. The van der Waals surface area contributed by atoms with Crippen LogP contribution in [0.2, 0.25) is 0 Å². The fourth-order valence-corrected chi connectivity index (χ4v) is 2.96. The first-order valence-corrected chi connectivity index (χ1v) is 7.66. The summed E-state index contributed by atoms with van der Waals surface area (Å²) in [6.07, 6.45) is 1.92. The minimum Gasteiger partial charge on any atom is -0.504 e. The molecule has 1 aromatic carbocycles. The quantitative estimate of drug-likeness (QED) is 0.752. The van der Waals surface area contributed by atoms with Gasteiger partial charge in [-0.2, -0.15) is 4.37 Å². The van der Waals surface area contributed by atoms with Crippen LogP contribution in [0.25, 0.3) is 0 Å². The molecular weight excluding hydrogens is 290 g/mol. The second-order valence-corrected chi connectivity index (χ2v) is 5.73. The van der Waals surface area contributed by atoms with Crippen molar-refractivity contribution in [1.82, 2.24) is 9.36 Å². The van der Waals surface area contributed by atoms with E-state index in [2.05, 4.69) is 14.7 Å². The standard InChI is InChI=1S/C14H17N3O3S/c18-11-3-1-2-10(12(11)19)8-15-14-16-13(17-21-14)9-4-6-20-7-5-9/h1-3,9,18-19H,4-8H2,(H,15,16,17). The largest absolute Gasteiger partial charge is 0.504 e. The number of nitrogens with zero attached hydrogens (tertiary/aromatic N) is 2. The van der Waals surface area contributed by atoms with Gasteiger partial charge in [-0.25, -0.2) is 4.98 Å². The summed E-state index contributed by atoms with van der Waals surface area (Å²) in [7, 11) is 0. The van der Waals surface area contributed by atoms with Crippen LogP contribution in [0.4, 0.5) is 5.13 Å². The van der Waals surface area contributed by atoms with Crippen molar-refractivity contribution in [3.8, 4) is 11.5 Å². The van der Waals surface area contributed by atoms with E-state index in [4.69, 9.17) is 4.74 Å². The molecule has 2 heterocycles. The van der Waals surface area contributed by atoms with E-state index in [1.165, 1.54) is 17.6 Å². The maximum absolute atomic E-state index is 9.75. The van der Waals surface area contributed by atoms with Crippen molar-refractivity contribution >= 4 is 16.7 Å². The van der Waals surface area contributed by atoms with Crippen molar-refractivity contribution in [3.05, 3.63) is 29.6 Å². The summed E-state index contributed by atoms with van der Waals surface area (Å²) in [4.78, 5) is 4.50. The van der Waals surface area contributed by atoms with Gasteiger partial charge in [0.05, 0.1) is 0 Å². The van der Waals surface area contributed by atoms with Gasteiger partial charge < -0.3 is 20.3 Å². The third-order valence-corrected chi connectivity index (χ3v) is 4.24. The average molecular weight is 307 g/mol. The second-order valence-electron chi connectivity index (χ2n) is 4.98. The Kier molecular flexibility index (Phi) is 4.21. The fraction of sp³-hybridized carbons (Fsp3) is 0.429. The molecule has 6 nitrogen and oxygen atoms in total. The number of hydrogen-bond acceptors (Lipinski definition) is 7. The topological polar surface area (TPSA) is 87.5 Å². The number of phenols is 2. The monoisotopic (exact) mass is 307 g/mol. The van der Waals surface area contributed by atoms with Crippen molar-refractivity contribution in [2.24, 2.45) is 0 Å². The first-order chi connectivity index (χ1) is 10.2. The number of phenolic OH excluding ortho intramolecular Hbond substituents is 2. The maximum atomic E-state index is 9.75. The lowest BCUT2D eigenvalue weighted by Gasteiger charge is -2.18. The van der Waals surface area contributed by atoms with Crippen molar-refractivity contribution in [2.45, 2.75) is 25.3 Å². The third-order valence-electron chi connectivity index (χ3n) is 3.56. The van der Waals surface area contributed by atoms with Gasteiger partial charge in [0.1, 0.15) is 5.82 Å². The van der Waals surface area contributed by atoms with E-state index in [-0.39, 0.29) is 11.5 Å². The predicted octanol–water partition coefficient (Wildman–Crippen LogP) is 2.46. The van der Waals surface area contributed by atoms with Gasteiger partial charge >= 0.3 is 0 Å². The summed E-state index contributed by atoms with van der Waals surface area (Å²) in [6, 6.07) is 4.90. The van der Waals surface area contributed by atoms with E-state index in [0.717, 1.165) is 37.0 Å². The molecule has 2 aromatic rings. The van der Waals surface area contributed by atoms with Crippen LogP contribution in [0.5, 0.6) is 11.5 Å². The predicted molar refractivity (Wildman–Crippen MR) is 79.8 cm³/mol. The number of para-hydroxylation sites is 1. The lowest BCUT2D eigenvalue weighted by atomic mass is 10.00. The highest BCUT2D eigenvalue weighted by Crippen LogP contribution is 2.30. The average Bonchev–Trinajstić information content (AvgIpc) is 2.99. The summed E-state index contributed by atoms with van der Waals surface area (Å²) in [5, 5.41) is 23.1. The number of anilines is 1. The minimum absolute atomic E-state index is 0.0980. The normalized spacial score (nSPS) is 16.0. The van der Waals surface area contributed by atoms with Crippen LogP contribution in [-0.4, -0.2) is 32.8 Å².